The van der Waals surface area contributed by atoms with E-state index in [1.54, 1.807) is 41.5 Å². The van der Waals surface area contributed by atoms with E-state index in [0.717, 1.165) is 5.56 Å². The third-order valence-electron chi connectivity index (χ3n) is 6.85. The molecule has 0 aliphatic rings. The Morgan fingerprint density at radius 2 is 1.12 bits per heavy atom. The van der Waals surface area contributed by atoms with E-state index in [1.807, 2.05) is 51.1 Å². The quantitative estimate of drug-likeness (QED) is 0.0472. The van der Waals surface area contributed by atoms with E-state index in [1.165, 1.54) is 0 Å². The minimum Gasteiger partial charge on any atom is -0.460 e. The molecule has 0 spiro atoms. The van der Waals surface area contributed by atoms with E-state index in [4.69, 9.17) is 42.6 Å². The monoisotopic (exact) mass is 800 g/mol. The molecule has 1 unspecified atom stereocenters. The van der Waals surface area contributed by atoms with Crippen LogP contribution in [0.15, 0.2) is 30.3 Å². The van der Waals surface area contributed by atoms with Gasteiger partial charge in [0.15, 0.2) is 6.29 Å². The molecule has 0 bridgehead atoms. The van der Waals surface area contributed by atoms with Crippen LogP contribution in [0.5, 0.6) is 0 Å². The normalized spacial score (nSPS) is 12.8. The fourth-order valence-corrected chi connectivity index (χ4v) is 4.63. The van der Waals surface area contributed by atoms with Gasteiger partial charge in [-0.25, -0.2) is 4.79 Å². The standard InChI is InChI=1S/C40H68N2O14/c1-37(2,3)54-33(44)16-21-50-28-40(29-51-22-17-34(45)55-38(4,5)6,30-52-23-18-35(46)56-39(7,8)9)42-32(43)15-20-48-25-26-49-24-19-41-36(47)53-27-31-13-11-10-12-14-31/h10-14,33,44H,15-30H2,1-9H3,(H,41,47)(H,42,43). The number of aliphatic hydroxyl groups excluding tert-OH is 1. The Balaban J connectivity index is 2.75. The van der Waals surface area contributed by atoms with Crippen LogP contribution in [0.1, 0.15) is 93.6 Å². The van der Waals surface area contributed by atoms with Crippen molar-refractivity contribution in [3.8, 4) is 0 Å². The second-order valence-electron chi connectivity index (χ2n) is 16.1. The Hall–Kier alpha value is -3.38. The Kier molecular flexibility index (Phi) is 24.0. The smallest absolute Gasteiger partial charge is 0.407 e. The molecule has 1 atom stereocenters. The SMILES string of the molecule is CC(C)(C)OC(=O)CCOCC(COCCC(=O)OC(C)(C)C)(COCCC(O)OC(C)(C)C)NC(=O)CCOCCOCCNC(=O)OCc1ccccc1. The summed E-state index contributed by atoms with van der Waals surface area (Å²) in [4.78, 5) is 49.8. The van der Waals surface area contributed by atoms with Crippen molar-refractivity contribution in [2.24, 2.45) is 0 Å². The van der Waals surface area contributed by atoms with Gasteiger partial charge in [-0.15, -0.1) is 0 Å². The summed E-state index contributed by atoms with van der Waals surface area (Å²) < 4.78 is 50.2. The van der Waals surface area contributed by atoms with Crippen LogP contribution in [-0.4, -0.2) is 130 Å². The number of esters is 2. The van der Waals surface area contributed by atoms with Gasteiger partial charge >= 0.3 is 18.0 Å². The zero-order valence-electron chi connectivity index (χ0n) is 35.0. The second kappa shape index (κ2) is 26.5. The molecule has 1 rings (SSSR count). The number of ether oxygens (including phenoxy) is 9. The van der Waals surface area contributed by atoms with Crippen molar-refractivity contribution in [1.29, 1.82) is 0 Å². The number of carbonyl (C=O) groups is 4. The third kappa shape index (κ3) is 28.9. The lowest BCUT2D eigenvalue weighted by Gasteiger charge is -2.34. The van der Waals surface area contributed by atoms with Crippen LogP contribution >= 0.6 is 0 Å². The van der Waals surface area contributed by atoms with Gasteiger partial charge in [-0.1, -0.05) is 30.3 Å². The predicted octanol–water partition coefficient (Wildman–Crippen LogP) is 4.23. The third-order valence-corrected chi connectivity index (χ3v) is 6.85. The first-order valence-electron chi connectivity index (χ1n) is 19.1. The topological polar surface area (TPSA) is 196 Å². The summed E-state index contributed by atoms with van der Waals surface area (Å²) >= 11 is 0. The summed E-state index contributed by atoms with van der Waals surface area (Å²) in [6.07, 6.45) is -1.54. The molecule has 16 nitrogen and oxygen atoms in total. The van der Waals surface area contributed by atoms with Gasteiger partial charge in [0, 0.05) is 19.4 Å². The summed E-state index contributed by atoms with van der Waals surface area (Å²) in [6, 6.07) is 9.34. The summed E-state index contributed by atoms with van der Waals surface area (Å²) in [7, 11) is 0. The van der Waals surface area contributed by atoms with E-state index in [2.05, 4.69) is 10.6 Å². The van der Waals surface area contributed by atoms with E-state index >= 15 is 0 Å². The van der Waals surface area contributed by atoms with E-state index < -0.39 is 52.6 Å². The average Bonchev–Trinajstić information content (AvgIpc) is 3.07. The zero-order chi connectivity index (χ0) is 42.1. The van der Waals surface area contributed by atoms with Crippen LogP contribution in [0.2, 0.25) is 0 Å². The molecule has 1 aromatic rings. The van der Waals surface area contributed by atoms with Crippen LogP contribution < -0.4 is 10.6 Å². The zero-order valence-corrected chi connectivity index (χ0v) is 35.0. The highest BCUT2D eigenvalue weighted by atomic mass is 16.6. The molecule has 0 saturated carbocycles. The Bertz CT molecular complexity index is 1220. The molecule has 322 valence electrons. The highest BCUT2D eigenvalue weighted by molar-refractivity contribution is 5.77. The molecular weight excluding hydrogens is 732 g/mol. The molecule has 0 aliphatic carbocycles. The van der Waals surface area contributed by atoms with Gasteiger partial charge in [-0.3, -0.25) is 14.4 Å². The lowest BCUT2D eigenvalue weighted by atomic mass is 10.0. The van der Waals surface area contributed by atoms with Crippen molar-refractivity contribution in [2.75, 3.05) is 72.6 Å². The number of aliphatic hydroxyl groups is 1. The van der Waals surface area contributed by atoms with Crippen molar-refractivity contribution >= 4 is 23.9 Å². The predicted molar refractivity (Wildman–Crippen MR) is 207 cm³/mol. The number of hydrogen-bond acceptors (Lipinski definition) is 14. The molecule has 56 heavy (non-hydrogen) atoms. The first-order valence-corrected chi connectivity index (χ1v) is 19.1. The second-order valence-corrected chi connectivity index (χ2v) is 16.1. The Labute approximate surface area is 332 Å². The van der Waals surface area contributed by atoms with Crippen molar-refractivity contribution in [2.45, 2.75) is 123 Å². The summed E-state index contributed by atoms with van der Waals surface area (Å²) in [6.45, 7) is 17.0. The van der Waals surface area contributed by atoms with Crippen molar-refractivity contribution in [3.05, 3.63) is 35.9 Å². The van der Waals surface area contributed by atoms with Crippen molar-refractivity contribution in [1.82, 2.24) is 10.6 Å². The maximum Gasteiger partial charge on any atom is 0.407 e. The number of amides is 2. The van der Waals surface area contributed by atoms with Crippen LogP contribution in [0.4, 0.5) is 4.79 Å². The Morgan fingerprint density at radius 3 is 1.64 bits per heavy atom. The van der Waals surface area contributed by atoms with Crippen LogP contribution in [-0.2, 0) is 63.6 Å². The van der Waals surface area contributed by atoms with Gasteiger partial charge in [-0.2, -0.15) is 0 Å². The summed E-state index contributed by atoms with van der Waals surface area (Å²) in [5.74, 6) is -1.28. The van der Waals surface area contributed by atoms with Gasteiger partial charge in [0.2, 0.25) is 5.91 Å². The highest BCUT2D eigenvalue weighted by Gasteiger charge is 2.34. The highest BCUT2D eigenvalue weighted by Crippen LogP contribution is 2.15. The molecule has 1 aromatic carbocycles. The van der Waals surface area contributed by atoms with Crippen LogP contribution in [0.3, 0.4) is 0 Å². The Morgan fingerprint density at radius 1 is 0.625 bits per heavy atom. The van der Waals surface area contributed by atoms with Gasteiger partial charge in [0.1, 0.15) is 23.3 Å². The lowest BCUT2D eigenvalue weighted by molar-refractivity contribution is -0.175. The van der Waals surface area contributed by atoms with E-state index in [-0.39, 0.29) is 105 Å². The molecule has 2 amide bonds. The molecule has 0 heterocycles. The molecule has 0 fully saturated rings. The van der Waals surface area contributed by atoms with Crippen LogP contribution in [0, 0.1) is 0 Å². The van der Waals surface area contributed by atoms with Crippen molar-refractivity contribution in [3.63, 3.8) is 0 Å². The number of rotatable bonds is 28. The van der Waals surface area contributed by atoms with Gasteiger partial charge in [0.25, 0.3) is 0 Å². The van der Waals surface area contributed by atoms with Gasteiger partial charge < -0.3 is 58.4 Å². The molecule has 0 aromatic heterocycles. The lowest BCUT2D eigenvalue weighted by Crippen LogP contribution is -2.59. The van der Waals surface area contributed by atoms with E-state index in [9.17, 15) is 24.3 Å². The largest absolute Gasteiger partial charge is 0.460 e. The maximum atomic E-state index is 13.3. The summed E-state index contributed by atoms with van der Waals surface area (Å²) in [5, 5.41) is 15.9. The van der Waals surface area contributed by atoms with E-state index in [0.29, 0.717) is 0 Å². The number of nitrogens with one attached hydrogen (secondary N) is 2. The maximum absolute atomic E-state index is 13.3. The average molecular weight is 801 g/mol. The van der Waals surface area contributed by atoms with Gasteiger partial charge in [-0.05, 0) is 67.9 Å². The first kappa shape index (κ1) is 50.6. The first-order chi connectivity index (χ1) is 26.2. The molecular formula is C40H68N2O14. The molecule has 0 saturated heterocycles. The number of carbonyl (C=O) groups excluding carboxylic acids is 4. The molecule has 0 aliphatic heterocycles. The van der Waals surface area contributed by atoms with Gasteiger partial charge in [0.05, 0.1) is 84.5 Å². The van der Waals surface area contributed by atoms with Crippen molar-refractivity contribution < 1.29 is 66.9 Å². The minimum absolute atomic E-state index is 0.00389. The number of benzene rings is 1. The summed E-state index contributed by atoms with van der Waals surface area (Å²) in [5.41, 5.74) is -2.25. The number of alkyl carbamates (subject to hydrolysis) is 1. The number of hydrogen-bond donors (Lipinski definition) is 3. The van der Waals surface area contributed by atoms with Crippen LogP contribution in [0.25, 0.3) is 0 Å². The fourth-order valence-electron chi connectivity index (χ4n) is 4.63. The molecule has 16 heteroatoms. The molecule has 3 N–H and O–H groups in total. The fraction of sp³-hybridized carbons (Fsp3) is 0.750. The molecule has 0 radical (unpaired) electrons. The minimum atomic E-state index is -1.26.